The van der Waals surface area contributed by atoms with Crippen molar-refractivity contribution in [2.75, 3.05) is 11.4 Å². The Balaban J connectivity index is 1.41. The Hall–Kier alpha value is -2.79. The Morgan fingerprint density at radius 1 is 0.962 bits per heavy atom. The number of amidine groups is 1. The molecular weight excluding hydrogens is 342 g/mol. The molecule has 0 amide bonds. The maximum atomic E-state index is 6.11. The zero-order chi connectivity index (χ0) is 17.3. The second-order valence-electron chi connectivity index (χ2n) is 6.33. The molecular formula is C21H17N3OS. The summed E-state index contributed by atoms with van der Waals surface area (Å²) in [6.45, 7) is 1.05. The van der Waals surface area contributed by atoms with E-state index in [1.165, 1.54) is 17.9 Å². The maximum Gasteiger partial charge on any atom is 0.128 e. The van der Waals surface area contributed by atoms with E-state index < -0.39 is 0 Å². The first-order valence-electron chi connectivity index (χ1n) is 8.72. The number of aromatic nitrogens is 1. The second kappa shape index (κ2) is 6.50. The Morgan fingerprint density at radius 2 is 1.92 bits per heavy atom. The Kier molecular flexibility index (Phi) is 3.87. The molecule has 26 heavy (non-hydrogen) atoms. The van der Waals surface area contributed by atoms with Crippen LogP contribution in [-0.2, 0) is 0 Å². The lowest BCUT2D eigenvalue weighted by Gasteiger charge is -2.25. The van der Waals surface area contributed by atoms with Crippen molar-refractivity contribution in [2.45, 2.75) is 17.7 Å². The van der Waals surface area contributed by atoms with Gasteiger partial charge in [0.05, 0.1) is 16.3 Å². The summed E-state index contributed by atoms with van der Waals surface area (Å²) in [5, 5.41) is 0. The van der Waals surface area contributed by atoms with E-state index in [1.54, 1.807) is 18.1 Å². The molecule has 0 unspecified atom stereocenters. The standard InChI is InChI=1S/C21H17N3OS/c1-2-11-22-18(7-1)15-5-3-6-16(13-15)25-17-9-10-19-20(14-17)26-23-21-8-4-12-24(19)21/h1-3,5-7,9-11,13-14H,4,8,12H2. The minimum atomic E-state index is 0.805. The van der Waals surface area contributed by atoms with E-state index in [2.05, 4.69) is 26.4 Å². The highest BCUT2D eigenvalue weighted by Gasteiger charge is 2.26. The van der Waals surface area contributed by atoms with Crippen LogP contribution in [0.3, 0.4) is 0 Å². The van der Waals surface area contributed by atoms with Crippen molar-refractivity contribution in [3.63, 3.8) is 0 Å². The monoisotopic (exact) mass is 359 g/mol. The summed E-state index contributed by atoms with van der Waals surface area (Å²) in [4.78, 5) is 7.87. The first-order chi connectivity index (χ1) is 12.9. The molecule has 0 N–H and O–H groups in total. The molecule has 1 saturated heterocycles. The molecule has 1 fully saturated rings. The molecule has 1 aromatic heterocycles. The van der Waals surface area contributed by atoms with Crippen molar-refractivity contribution in [3.8, 4) is 22.8 Å². The van der Waals surface area contributed by atoms with Crippen LogP contribution in [0.4, 0.5) is 5.69 Å². The smallest absolute Gasteiger partial charge is 0.128 e. The normalized spacial score (nSPS) is 15.2. The SMILES string of the molecule is c1ccc(-c2cccc(Oc3ccc4c(c3)SN=C3CCCN34)c2)nc1. The van der Waals surface area contributed by atoms with Gasteiger partial charge in [-0.2, -0.15) is 4.40 Å². The van der Waals surface area contributed by atoms with Crippen molar-refractivity contribution in [1.29, 1.82) is 0 Å². The third-order valence-corrected chi connectivity index (χ3v) is 5.42. The van der Waals surface area contributed by atoms with E-state index in [0.29, 0.717) is 0 Å². The lowest BCUT2D eigenvalue weighted by atomic mass is 10.1. The fourth-order valence-electron chi connectivity index (χ4n) is 3.36. The fraction of sp³-hybridized carbons (Fsp3) is 0.143. The van der Waals surface area contributed by atoms with Crippen LogP contribution in [0.15, 0.2) is 76.2 Å². The van der Waals surface area contributed by atoms with E-state index in [9.17, 15) is 0 Å². The van der Waals surface area contributed by atoms with Gasteiger partial charge >= 0.3 is 0 Å². The van der Waals surface area contributed by atoms with Gasteiger partial charge in [-0.1, -0.05) is 18.2 Å². The molecule has 5 rings (SSSR count). The van der Waals surface area contributed by atoms with Crippen molar-refractivity contribution < 1.29 is 4.74 Å². The quantitative estimate of drug-likeness (QED) is 0.574. The number of benzene rings is 2. The fourth-order valence-corrected chi connectivity index (χ4v) is 4.19. The van der Waals surface area contributed by atoms with Crippen molar-refractivity contribution in [1.82, 2.24) is 4.98 Å². The van der Waals surface area contributed by atoms with Gasteiger partial charge < -0.3 is 9.64 Å². The van der Waals surface area contributed by atoms with Crippen molar-refractivity contribution in [2.24, 2.45) is 4.40 Å². The Bertz CT molecular complexity index is 988. The van der Waals surface area contributed by atoms with Gasteiger partial charge in [0.15, 0.2) is 0 Å². The number of pyridine rings is 1. The summed E-state index contributed by atoms with van der Waals surface area (Å²) >= 11 is 1.55. The molecule has 0 saturated carbocycles. The molecule has 2 aliphatic heterocycles. The van der Waals surface area contributed by atoms with E-state index >= 15 is 0 Å². The predicted octanol–water partition coefficient (Wildman–Crippen LogP) is 5.56. The van der Waals surface area contributed by atoms with E-state index in [1.807, 2.05) is 48.5 Å². The van der Waals surface area contributed by atoms with Gasteiger partial charge in [0.2, 0.25) is 0 Å². The number of anilines is 1. The van der Waals surface area contributed by atoms with Crippen LogP contribution in [0.2, 0.25) is 0 Å². The van der Waals surface area contributed by atoms with Gasteiger partial charge in [0.1, 0.15) is 17.3 Å². The molecule has 4 nitrogen and oxygen atoms in total. The number of hydrogen-bond donors (Lipinski definition) is 0. The number of rotatable bonds is 3. The number of hydrogen-bond acceptors (Lipinski definition) is 5. The highest BCUT2D eigenvalue weighted by Crippen LogP contribution is 2.41. The number of ether oxygens (including phenoxy) is 1. The maximum absolute atomic E-state index is 6.11. The number of nitrogens with zero attached hydrogens (tertiary/aromatic N) is 3. The molecule has 0 aliphatic carbocycles. The lowest BCUT2D eigenvalue weighted by molar-refractivity contribution is 0.481. The minimum Gasteiger partial charge on any atom is -0.457 e. The molecule has 128 valence electrons. The van der Waals surface area contributed by atoms with Gasteiger partial charge in [0.25, 0.3) is 0 Å². The van der Waals surface area contributed by atoms with Crippen LogP contribution in [0, 0.1) is 0 Å². The van der Waals surface area contributed by atoms with Crippen molar-refractivity contribution in [3.05, 3.63) is 66.9 Å². The van der Waals surface area contributed by atoms with E-state index in [0.717, 1.165) is 40.6 Å². The van der Waals surface area contributed by atoms with Crippen molar-refractivity contribution >= 4 is 23.5 Å². The number of fused-ring (bicyclic) bond motifs is 3. The third kappa shape index (κ3) is 2.84. The zero-order valence-corrected chi connectivity index (χ0v) is 14.9. The first-order valence-corrected chi connectivity index (χ1v) is 9.49. The van der Waals surface area contributed by atoms with Gasteiger partial charge in [-0.3, -0.25) is 4.98 Å². The molecule has 0 bridgehead atoms. The highest BCUT2D eigenvalue weighted by molar-refractivity contribution is 7.98. The third-order valence-electron chi connectivity index (χ3n) is 4.60. The van der Waals surface area contributed by atoms with Crippen LogP contribution in [-0.4, -0.2) is 17.4 Å². The topological polar surface area (TPSA) is 37.7 Å². The van der Waals surface area contributed by atoms with Crippen LogP contribution >= 0.6 is 11.9 Å². The molecule has 2 aromatic carbocycles. The average molecular weight is 359 g/mol. The minimum absolute atomic E-state index is 0.805. The van der Waals surface area contributed by atoms with Crippen LogP contribution in [0.5, 0.6) is 11.5 Å². The summed E-state index contributed by atoms with van der Waals surface area (Å²) in [7, 11) is 0. The molecule has 3 heterocycles. The zero-order valence-electron chi connectivity index (χ0n) is 14.1. The lowest BCUT2D eigenvalue weighted by Crippen LogP contribution is -2.26. The Labute approximate surface area is 156 Å². The van der Waals surface area contributed by atoms with Gasteiger partial charge in [0, 0.05) is 36.7 Å². The molecule has 5 heteroatoms. The summed E-state index contributed by atoms with van der Waals surface area (Å²) in [6.07, 6.45) is 4.05. The van der Waals surface area contributed by atoms with Gasteiger partial charge in [-0.15, -0.1) is 0 Å². The largest absolute Gasteiger partial charge is 0.457 e. The highest BCUT2D eigenvalue weighted by atomic mass is 32.2. The summed E-state index contributed by atoms with van der Waals surface area (Å²) in [6, 6.07) is 20.2. The molecule has 0 spiro atoms. The van der Waals surface area contributed by atoms with E-state index in [4.69, 9.17) is 4.74 Å². The van der Waals surface area contributed by atoms with Crippen LogP contribution < -0.4 is 9.64 Å². The van der Waals surface area contributed by atoms with Crippen LogP contribution in [0.25, 0.3) is 11.3 Å². The van der Waals surface area contributed by atoms with E-state index in [-0.39, 0.29) is 0 Å². The predicted molar refractivity (Wildman–Crippen MR) is 106 cm³/mol. The average Bonchev–Trinajstić information content (AvgIpc) is 3.18. The Morgan fingerprint density at radius 3 is 2.85 bits per heavy atom. The first kappa shape index (κ1) is 15.5. The molecule has 0 atom stereocenters. The van der Waals surface area contributed by atoms with Crippen LogP contribution in [0.1, 0.15) is 12.8 Å². The summed E-state index contributed by atoms with van der Waals surface area (Å²) in [5.41, 5.74) is 3.23. The summed E-state index contributed by atoms with van der Waals surface area (Å²) in [5.74, 6) is 2.82. The van der Waals surface area contributed by atoms with Gasteiger partial charge in [-0.05, 0) is 48.9 Å². The molecule has 2 aliphatic rings. The second-order valence-corrected chi connectivity index (χ2v) is 7.13. The van der Waals surface area contributed by atoms with Gasteiger partial charge in [-0.25, -0.2) is 0 Å². The molecule has 3 aromatic rings. The molecule has 0 radical (unpaired) electrons. The summed E-state index contributed by atoms with van der Waals surface area (Å²) < 4.78 is 10.7.